The maximum Gasteiger partial charge on any atom is 0.266 e. The minimum Gasteiger partial charge on any atom is -0.497 e. The molecule has 3 aromatic carbocycles. The summed E-state index contributed by atoms with van der Waals surface area (Å²) in [6.07, 6.45) is 8.58. The number of thioether (sulfide) groups is 1. The molecule has 39 heavy (non-hydrogen) atoms. The summed E-state index contributed by atoms with van der Waals surface area (Å²) in [5.41, 5.74) is 5.36. The van der Waals surface area contributed by atoms with Gasteiger partial charge in [-0.2, -0.15) is 0 Å². The first-order valence-corrected chi connectivity index (χ1v) is 14.3. The molecule has 0 saturated carbocycles. The Bertz CT molecular complexity index is 1520. The third-order valence-corrected chi connectivity index (χ3v) is 8.38. The Morgan fingerprint density at radius 3 is 2.51 bits per heavy atom. The molecule has 0 bridgehead atoms. The molecule has 2 aliphatic heterocycles. The van der Waals surface area contributed by atoms with Crippen LogP contribution in [0.5, 0.6) is 5.75 Å². The third kappa shape index (κ3) is 5.59. The summed E-state index contributed by atoms with van der Waals surface area (Å²) in [4.78, 5) is 26.8. The zero-order chi connectivity index (χ0) is 26.6. The standard InChI is InChI=1S/C32H32N4O2S/c1-38-27-15-11-25(12-16-27)34-32-36(20-17-24-22-33-29-8-4-3-7-28(24)29)31(37)30(39-32)21-23-9-13-26(14-10-23)35-18-5-2-6-19-35/h3-4,7-16,21-22,33H,2,5-6,17-20H2,1H3/b30-21-,34-32?. The molecule has 2 fully saturated rings. The van der Waals surface area contributed by atoms with Crippen LogP contribution in [0, 0.1) is 0 Å². The molecule has 1 amide bonds. The topological polar surface area (TPSA) is 60.9 Å². The minimum absolute atomic E-state index is 0.00721. The highest BCUT2D eigenvalue weighted by molar-refractivity contribution is 8.18. The molecule has 0 radical (unpaired) electrons. The number of amides is 1. The number of nitrogens with one attached hydrogen (secondary N) is 1. The van der Waals surface area contributed by atoms with Crippen LogP contribution in [-0.2, 0) is 11.2 Å². The van der Waals surface area contributed by atoms with Crippen molar-refractivity contribution in [2.24, 2.45) is 4.99 Å². The molecule has 4 aromatic rings. The van der Waals surface area contributed by atoms with Crippen LogP contribution in [0.2, 0.25) is 0 Å². The van der Waals surface area contributed by atoms with Gasteiger partial charge in [0.2, 0.25) is 0 Å². The van der Waals surface area contributed by atoms with E-state index in [9.17, 15) is 4.79 Å². The number of amidine groups is 1. The van der Waals surface area contributed by atoms with Gasteiger partial charge in [0.15, 0.2) is 5.17 Å². The van der Waals surface area contributed by atoms with Crippen molar-refractivity contribution in [3.63, 3.8) is 0 Å². The van der Waals surface area contributed by atoms with Crippen molar-refractivity contribution in [1.29, 1.82) is 0 Å². The van der Waals surface area contributed by atoms with E-state index in [1.807, 2.05) is 53.6 Å². The highest BCUT2D eigenvalue weighted by Crippen LogP contribution is 2.35. The number of hydrogen-bond donors (Lipinski definition) is 1. The summed E-state index contributed by atoms with van der Waals surface area (Å²) in [6, 6.07) is 24.4. The van der Waals surface area contributed by atoms with E-state index in [1.165, 1.54) is 47.7 Å². The number of H-pyrrole nitrogens is 1. The van der Waals surface area contributed by atoms with Crippen molar-refractivity contribution >= 4 is 51.2 Å². The van der Waals surface area contributed by atoms with E-state index < -0.39 is 0 Å². The zero-order valence-electron chi connectivity index (χ0n) is 22.1. The lowest BCUT2D eigenvalue weighted by Crippen LogP contribution is -2.31. The number of benzene rings is 3. The van der Waals surface area contributed by atoms with Gasteiger partial charge in [-0.05, 0) is 97.1 Å². The Kier molecular flexibility index (Phi) is 7.41. The van der Waals surface area contributed by atoms with Crippen molar-refractivity contribution in [2.45, 2.75) is 25.7 Å². The quantitative estimate of drug-likeness (QED) is 0.258. The molecule has 2 aliphatic rings. The van der Waals surface area contributed by atoms with Crippen molar-refractivity contribution in [3.8, 4) is 5.75 Å². The lowest BCUT2D eigenvalue weighted by Gasteiger charge is -2.28. The number of carbonyl (C=O) groups is 1. The molecule has 0 atom stereocenters. The number of piperidine rings is 1. The average Bonchev–Trinajstić information content (AvgIpc) is 3.53. The number of para-hydroxylation sites is 1. The average molecular weight is 537 g/mol. The van der Waals surface area contributed by atoms with Crippen molar-refractivity contribution in [1.82, 2.24) is 9.88 Å². The van der Waals surface area contributed by atoms with Gasteiger partial charge < -0.3 is 14.6 Å². The second-order valence-electron chi connectivity index (χ2n) is 9.91. The SMILES string of the molecule is COc1ccc(N=C2S/C(=C\c3ccc(N4CCCCC4)cc3)C(=O)N2CCc2c[nH]c3ccccc23)cc1. The first-order chi connectivity index (χ1) is 19.2. The number of rotatable bonds is 7. The van der Waals surface area contributed by atoms with Crippen molar-refractivity contribution < 1.29 is 9.53 Å². The van der Waals surface area contributed by atoms with Gasteiger partial charge in [0.1, 0.15) is 5.75 Å². The number of anilines is 1. The number of methoxy groups -OCH3 is 1. The van der Waals surface area contributed by atoms with Crippen LogP contribution in [-0.4, -0.2) is 47.7 Å². The third-order valence-electron chi connectivity index (χ3n) is 7.38. The number of hydrogen-bond acceptors (Lipinski definition) is 5. The number of aromatic nitrogens is 1. The number of aromatic amines is 1. The van der Waals surface area contributed by atoms with E-state index in [0.717, 1.165) is 42.0 Å². The second-order valence-corrected chi connectivity index (χ2v) is 10.9. The monoisotopic (exact) mass is 536 g/mol. The molecule has 0 unspecified atom stereocenters. The van der Waals surface area contributed by atoms with Gasteiger partial charge in [-0.25, -0.2) is 4.99 Å². The highest BCUT2D eigenvalue weighted by Gasteiger charge is 2.33. The van der Waals surface area contributed by atoms with E-state index >= 15 is 0 Å². The van der Waals surface area contributed by atoms with Gasteiger partial charge in [0.05, 0.1) is 17.7 Å². The molecule has 3 heterocycles. The smallest absolute Gasteiger partial charge is 0.266 e. The first kappa shape index (κ1) is 25.3. The molecule has 1 aromatic heterocycles. The van der Waals surface area contributed by atoms with Gasteiger partial charge >= 0.3 is 0 Å². The van der Waals surface area contributed by atoms with E-state index in [2.05, 4.69) is 46.3 Å². The number of fused-ring (bicyclic) bond motifs is 1. The Labute approximate surface area is 233 Å². The largest absolute Gasteiger partial charge is 0.497 e. The summed E-state index contributed by atoms with van der Waals surface area (Å²) in [7, 11) is 1.65. The number of aliphatic imine (C=N–C) groups is 1. The molecule has 2 saturated heterocycles. The van der Waals surface area contributed by atoms with Crippen molar-refractivity contribution in [3.05, 3.63) is 95.0 Å². The predicted molar refractivity (Wildman–Crippen MR) is 162 cm³/mol. The molecule has 198 valence electrons. The van der Waals surface area contributed by atoms with Crippen LogP contribution in [0.3, 0.4) is 0 Å². The minimum atomic E-state index is -0.00721. The van der Waals surface area contributed by atoms with E-state index in [0.29, 0.717) is 16.6 Å². The molecular formula is C32H32N4O2S. The predicted octanol–water partition coefficient (Wildman–Crippen LogP) is 7.01. The summed E-state index contributed by atoms with van der Waals surface area (Å²) < 4.78 is 5.29. The first-order valence-electron chi connectivity index (χ1n) is 13.5. The van der Waals surface area contributed by atoms with Crippen LogP contribution in [0.4, 0.5) is 11.4 Å². The fourth-order valence-electron chi connectivity index (χ4n) is 5.21. The Balaban J connectivity index is 1.26. The van der Waals surface area contributed by atoms with Gasteiger partial charge in [-0.1, -0.05) is 30.3 Å². The Hall–Kier alpha value is -3.97. The zero-order valence-corrected chi connectivity index (χ0v) is 22.9. The number of carbonyl (C=O) groups excluding carboxylic acids is 1. The van der Waals surface area contributed by atoms with Crippen LogP contribution in [0.1, 0.15) is 30.4 Å². The second kappa shape index (κ2) is 11.4. The summed E-state index contributed by atoms with van der Waals surface area (Å²) in [6.45, 7) is 2.78. The molecule has 0 aliphatic carbocycles. The van der Waals surface area contributed by atoms with E-state index in [-0.39, 0.29) is 5.91 Å². The van der Waals surface area contributed by atoms with Crippen molar-refractivity contribution in [2.75, 3.05) is 31.6 Å². The maximum atomic E-state index is 13.7. The number of ether oxygens (including phenoxy) is 1. The highest BCUT2D eigenvalue weighted by atomic mass is 32.2. The fourth-order valence-corrected chi connectivity index (χ4v) is 6.24. The maximum absolute atomic E-state index is 13.7. The molecule has 6 nitrogen and oxygen atoms in total. The van der Waals surface area contributed by atoms with Gasteiger partial charge in [0, 0.05) is 42.4 Å². The lowest BCUT2D eigenvalue weighted by atomic mass is 10.1. The van der Waals surface area contributed by atoms with Crippen LogP contribution in [0.25, 0.3) is 17.0 Å². The van der Waals surface area contributed by atoms with Gasteiger partial charge in [-0.15, -0.1) is 0 Å². The summed E-state index contributed by atoms with van der Waals surface area (Å²) in [5.74, 6) is 0.770. The lowest BCUT2D eigenvalue weighted by molar-refractivity contribution is -0.122. The Morgan fingerprint density at radius 2 is 1.74 bits per heavy atom. The fraction of sp³-hybridized carbons (Fsp3) is 0.250. The van der Waals surface area contributed by atoms with Gasteiger partial charge in [0.25, 0.3) is 5.91 Å². The van der Waals surface area contributed by atoms with E-state index in [1.54, 1.807) is 7.11 Å². The molecule has 1 N–H and O–H groups in total. The van der Waals surface area contributed by atoms with Gasteiger partial charge in [-0.3, -0.25) is 9.69 Å². The van der Waals surface area contributed by atoms with Crippen LogP contribution >= 0.6 is 11.8 Å². The molecule has 6 rings (SSSR count). The van der Waals surface area contributed by atoms with E-state index in [4.69, 9.17) is 9.73 Å². The summed E-state index contributed by atoms with van der Waals surface area (Å²) in [5, 5.41) is 1.89. The van der Waals surface area contributed by atoms with Crippen LogP contribution in [0.15, 0.2) is 88.9 Å². The Morgan fingerprint density at radius 1 is 0.974 bits per heavy atom. The normalized spacial score (nSPS) is 18.0. The summed E-state index contributed by atoms with van der Waals surface area (Å²) >= 11 is 1.44. The molecular weight excluding hydrogens is 504 g/mol. The molecule has 7 heteroatoms. The van der Waals surface area contributed by atoms with Crippen LogP contribution < -0.4 is 9.64 Å². The number of nitrogens with zero attached hydrogens (tertiary/aromatic N) is 3. The molecule has 0 spiro atoms.